The molecule has 1 atom stereocenters. The van der Waals surface area contributed by atoms with Crippen LogP contribution in [0.3, 0.4) is 0 Å². The molecule has 1 aliphatic rings. The maximum atomic E-state index is 14.0. The lowest BCUT2D eigenvalue weighted by Gasteiger charge is -2.25. The number of thiazole rings is 1. The van der Waals surface area contributed by atoms with E-state index in [4.69, 9.17) is 16.3 Å². The van der Waals surface area contributed by atoms with Gasteiger partial charge < -0.3 is 10.1 Å². The lowest BCUT2D eigenvalue weighted by atomic mass is 10.2. The highest BCUT2D eigenvalue weighted by Crippen LogP contribution is 2.38. The van der Waals surface area contributed by atoms with Crippen LogP contribution in [-0.4, -0.2) is 40.8 Å². The number of pyridine rings is 1. The minimum Gasteiger partial charge on any atom is -0.358 e. The molecule has 190 valence electrons. The van der Waals surface area contributed by atoms with Gasteiger partial charge in [0.25, 0.3) is 6.43 Å². The average molecular weight is 554 g/mol. The van der Waals surface area contributed by atoms with Crippen molar-refractivity contribution >= 4 is 55.3 Å². The van der Waals surface area contributed by atoms with Crippen molar-refractivity contribution in [3.63, 3.8) is 0 Å². The van der Waals surface area contributed by atoms with E-state index < -0.39 is 28.3 Å². The van der Waals surface area contributed by atoms with Crippen LogP contribution >= 0.6 is 22.9 Å². The zero-order valence-corrected chi connectivity index (χ0v) is 21.7. The fourth-order valence-corrected chi connectivity index (χ4v) is 6.02. The highest BCUT2D eigenvalue weighted by Gasteiger charge is 2.29. The molecule has 1 fully saturated rings. The van der Waals surface area contributed by atoms with Crippen molar-refractivity contribution in [2.24, 2.45) is 0 Å². The summed E-state index contributed by atoms with van der Waals surface area (Å²) in [6.07, 6.45) is 1.51. The molecule has 1 saturated heterocycles. The Labute approximate surface area is 215 Å². The first-order chi connectivity index (χ1) is 17.1. The third kappa shape index (κ3) is 4.82. The molecule has 0 saturated carbocycles. The molecule has 3 aromatic heterocycles. The van der Waals surface area contributed by atoms with E-state index in [0.29, 0.717) is 23.6 Å². The van der Waals surface area contributed by atoms with Crippen LogP contribution in [0.25, 0.3) is 21.7 Å². The van der Waals surface area contributed by atoms with Gasteiger partial charge in [0.05, 0.1) is 16.3 Å². The van der Waals surface area contributed by atoms with Gasteiger partial charge in [0.2, 0.25) is 0 Å². The summed E-state index contributed by atoms with van der Waals surface area (Å²) in [7, 11) is -3.67. The number of alkyl halides is 2. The maximum absolute atomic E-state index is 14.0. The first-order valence-electron chi connectivity index (χ1n) is 11.1. The lowest BCUT2D eigenvalue weighted by Crippen LogP contribution is -2.20. The highest BCUT2D eigenvalue weighted by atomic mass is 35.5. The van der Waals surface area contributed by atoms with E-state index in [1.807, 2.05) is 6.92 Å². The summed E-state index contributed by atoms with van der Waals surface area (Å²) in [5, 5.41) is 3.77. The zero-order chi connectivity index (χ0) is 25.6. The summed E-state index contributed by atoms with van der Waals surface area (Å²) in [4.78, 5) is 13.8. The fourth-order valence-electron chi connectivity index (χ4n) is 4.21. The van der Waals surface area contributed by atoms with E-state index in [9.17, 15) is 17.2 Å². The molecule has 4 aromatic rings. The van der Waals surface area contributed by atoms with Crippen LogP contribution in [-0.2, 0) is 14.6 Å². The number of aryl methyl sites for hydroxylation is 1. The summed E-state index contributed by atoms with van der Waals surface area (Å²) in [6, 6.07) is 6.32. The number of hydrogen-bond donors (Lipinski definition) is 1. The van der Waals surface area contributed by atoms with Gasteiger partial charge in [-0.05, 0) is 44.4 Å². The molecule has 0 aliphatic carbocycles. The van der Waals surface area contributed by atoms with Crippen molar-refractivity contribution in [2.45, 2.75) is 43.7 Å². The molecule has 0 amide bonds. The molecular weight excluding hydrogens is 532 g/mol. The molecule has 0 radical (unpaired) electrons. The Kier molecular flexibility index (Phi) is 6.70. The molecule has 0 spiro atoms. The van der Waals surface area contributed by atoms with Crippen LogP contribution in [0.2, 0.25) is 5.15 Å². The minimum atomic E-state index is -3.67. The van der Waals surface area contributed by atoms with E-state index in [0.717, 1.165) is 24.0 Å². The number of halogens is 3. The first-order valence-corrected chi connectivity index (χ1v) is 14.2. The van der Waals surface area contributed by atoms with Crippen molar-refractivity contribution in [3.8, 4) is 10.6 Å². The summed E-state index contributed by atoms with van der Waals surface area (Å²) in [6.45, 7) is 2.36. The molecule has 0 bridgehead atoms. The number of benzene rings is 1. The average Bonchev–Trinajstić information content (AvgIpc) is 3.43. The van der Waals surface area contributed by atoms with E-state index in [1.165, 1.54) is 28.0 Å². The normalized spacial score (nSPS) is 16.7. The van der Waals surface area contributed by atoms with Crippen molar-refractivity contribution in [3.05, 3.63) is 46.3 Å². The van der Waals surface area contributed by atoms with Gasteiger partial charge in [-0.3, -0.25) is 4.57 Å². The molecule has 1 N–H and O–H groups in total. The molecule has 1 aromatic carbocycles. The summed E-state index contributed by atoms with van der Waals surface area (Å²) in [5.41, 5.74) is 1.44. The Morgan fingerprint density at radius 3 is 2.67 bits per heavy atom. The number of anilines is 2. The van der Waals surface area contributed by atoms with E-state index in [1.54, 1.807) is 18.3 Å². The Morgan fingerprint density at radius 2 is 2.03 bits per heavy atom. The topological polar surface area (TPSA) is 99.0 Å². The number of rotatable bonds is 6. The number of ether oxygens (including phenoxy) is 1. The number of aromatic nitrogens is 4. The van der Waals surface area contributed by atoms with Gasteiger partial charge in [-0.15, -0.1) is 11.3 Å². The van der Waals surface area contributed by atoms with Gasteiger partial charge in [-0.2, -0.15) is 0 Å². The van der Waals surface area contributed by atoms with Crippen LogP contribution < -0.4 is 5.32 Å². The van der Waals surface area contributed by atoms with Crippen LogP contribution in [0.4, 0.5) is 20.2 Å². The van der Waals surface area contributed by atoms with Crippen LogP contribution in [0, 0.1) is 6.92 Å². The van der Waals surface area contributed by atoms with E-state index in [2.05, 4.69) is 20.3 Å². The smallest absolute Gasteiger partial charge is 0.295 e. The van der Waals surface area contributed by atoms with Gasteiger partial charge >= 0.3 is 0 Å². The first kappa shape index (κ1) is 25.0. The lowest BCUT2D eigenvalue weighted by molar-refractivity contribution is -0.0363. The van der Waals surface area contributed by atoms with Crippen LogP contribution in [0.5, 0.6) is 0 Å². The quantitative estimate of drug-likeness (QED) is 0.280. The maximum Gasteiger partial charge on any atom is 0.295 e. The number of hydrogen-bond acceptors (Lipinski definition) is 8. The summed E-state index contributed by atoms with van der Waals surface area (Å²) in [5.74, 6) is -0.479. The second kappa shape index (κ2) is 9.66. The molecule has 8 nitrogen and oxygen atoms in total. The van der Waals surface area contributed by atoms with Gasteiger partial charge in [0.15, 0.2) is 21.3 Å². The summed E-state index contributed by atoms with van der Waals surface area (Å²) >= 11 is 7.73. The predicted molar refractivity (Wildman–Crippen MR) is 135 cm³/mol. The van der Waals surface area contributed by atoms with Crippen molar-refractivity contribution in [2.75, 3.05) is 18.2 Å². The van der Waals surface area contributed by atoms with Gasteiger partial charge in [-0.25, -0.2) is 32.2 Å². The van der Waals surface area contributed by atoms with Crippen molar-refractivity contribution in [1.82, 2.24) is 19.5 Å². The number of nitrogens with one attached hydrogen (secondary N) is 1. The Bertz CT molecular complexity index is 1550. The third-order valence-electron chi connectivity index (χ3n) is 5.80. The predicted octanol–water partition coefficient (Wildman–Crippen LogP) is 6.30. The standard InChI is InChI=1S/C23H22ClF2N5O3S2/c1-12-11-27-23(35-12)13-6-7-14(16(9-13)36(2,32)33)28-15-10-17(24)29-21-19(15)30-22(20(25)26)31(21)18-5-3-4-8-34-18/h6-7,9-11,18,20H,3-5,8H2,1-2H3,(H,28,29). The Hall–Kier alpha value is -2.67. The largest absolute Gasteiger partial charge is 0.358 e. The van der Waals surface area contributed by atoms with E-state index in [-0.39, 0.29) is 32.6 Å². The molecule has 1 unspecified atom stereocenters. The number of sulfone groups is 1. The molecule has 5 rings (SSSR count). The SMILES string of the molecule is Cc1cnc(-c2ccc(Nc3cc(Cl)nc4c3nc(C(F)F)n4C3CCCCO3)c(S(C)(=O)=O)c2)s1. The Balaban J connectivity index is 1.64. The number of imidazole rings is 1. The monoisotopic (exact) mass is 553 g/mol. The second-order valence-corrected chi connectivity index (χ2v) is 12.1. The fraction of sp³-hybridized carbons (Fsp3) is 0.348. The molecule has 1 aliphatic heterocycles. The number of fused-ring (bicyclic) bond motifs is 1. The Morgan fingerprint density at radius 1 is 1.22 bits per heavy atom. The zero-order valence-electron chi connectivity index (χ0n) is 19.3. The minimum absolute atomic E-state index is 0.0260. The molecule has 36 heavy (non-hydrogen) atoms. The highest BCUT2D eigenvalue weighted by molar-refractivity contribution is 7.90. The van der Waals surface area contributed by atoms with Crippen LogP contribution in [0.1, 0.15) is 42.6 Å². The molecule has 4 heterocycles. The third-order valence-corrected chi connectivity index (χ3v) is 8.09. The van der Waals surface area contributed by atoms with Gasteiger partial charge in [0, 0.05) is 35.6 Å². The number of nitrogens with zero attached hydrogens (tertiary/aromatic N) is 4. The van der Waals surface area contributed by atoms with E-state index >= 15 is 0 Å². The van der Waals surface area contributed by atoms with Crippen molar-refractivity contribution < 1.29 is 21.9 Å². The second-order valence-electron chi connectivity index (χ2n) is 8.51. The summed E-state index contributed by atoms with van der Waals surface area (Å²) < 4.78 is 60.4. The van der Waals surface area contributed by atoms with Crippen molar-refractivity contribution in [1.29, 1.82) is 0 Å². The van der Waals surface area contributed by atoms with Gasteiger partial charge in [-0.1, -0.05) is 11.6 Å². The van der Waals surface area contributed by atoms with Crippen LogP contribution in [0.15, 0.2) is 35.4 Å². The molecule has 13 heteroatoms. The van der Waals surface area contributed by atoms with Gasteiger partial charge in [0.1, 0.15) is 21.9 Å². The molecular formula is C23H22ClF2N5O3S2.